The molecule has 1 N–H and O–H groups in total. The van der Waals surface area contributed by atoms with Crippen molar-refractivity contribution >= 4 is 11.8 Å². The monoisotopic (exact) mass is 291 g/mol. The van der Waals surface area contributed by atoms with Crippen LogP contribution in [0, 0.1) is 5.92 Å². The third-order valence-corrected chi connectivity index (χ3v) is 3.93. The second kappa shape index (κ2) is 6.61. The molecule has 5 heteroatoms. The Bertz CT molecular complexity index is 541. The molecule has 2 unspecified atom stereocenters. The van der Waals surface area contributed by atoms with Crippen LogP contribution in [0.4, 0.5) is 0 Å². The Morgan fingerprint density at radius 1 is 1.19 bits per heavy atom. The SMILES string of the molecule is CCCC1C(=O)NC(=O)CC1c1ccc(OC)c(OC)c1. The molecule has 0 aliphatic carbocycles. The molecule has 5 nitrogen and oxygen atoms in total. The molecule has 1 saturated heterocycles. The lowest BCUT2D eigenvalue weighted by Gasteiger charge is -2.30. The highest BCUT2D eigenvalue weighted by atomic mass is 16.5. The fraction of sp³-hybridized carbons (Fsp3) is 0.500. The van der Waals surface area contributed by atoms with E-state index in [1.807, 2.05) is 25.1 Å². The van der Waals surface area contributed by atoms with Gasteiger partial charge in [0.1, 0.15) is 0 Å². The highest BCUT2D eigenvalue weighted by Gasteiger charge is 2.36. The van der Waals surface area contributed by atoms with Crippen LogP contribution < -0.4 is 14.8 Å². The van der Waals surface area contributed by atoms with Crippen molar-refractivity contribution in [2.45, 2.75) is 32.1 Å². The number of amides is 2. The van der Waals surface area contributed by atoms with E-state index in [9.17, 15) is 9.59 Å². The maximum Gasteiger partial charge on any atom is 0.230 e. The second-order valence-corrected chi connectivity index (χ2v) is 5.23. The molecule has 1 aliphatic heterocycles. The summed E-state index contributed by atoms with van der Waals surface area (Å²) < 4.78 is 10.5. The Morgan fingerprint density at radius 2 is 1.90 bits per heavy atom. The van der Waals surface area contributed by atoms with Crippen molar-refractivity contribution in [3.05, 3.63) is 23.8 Å². The van der Waals surface area contributed by atoms with E-state index in [4.69, 9.17) is 9.47 Å². The van der Waals surface area contributed by atoms with Gasteiger partial charge in [-0.2, -0.15) is 0 Å². The maximum atomic E-state index is 12.1. The third kappa shape index (κ3) is 3.17. The van der Waals surface area contributed by atoms with Gasteiger partial charge in [-0.05, 0) is 24.1 Å². The van der Waals surface area contributed by atoms with Crippen molar-refractivity contribution in [2.24, 2.45) is 5.92 Å². The summed E-state index contributed by atoms with van der Waals surface area (Å²) in [5.41, 5.74) is 0.939. The average molecular weight is 291 g/mol. The lowest BCUT2D eigenvalue weighted by atomic mass is 9.78. The normalized spacial score (nSPS) is 21.9. The van der Waals surface area contributed by atoms with Crippen LogP contribution in [0.15, 0.2) is 18.2 Å². The molecular weight excluding hydrogens is 270 g/mol. The minimum Gasteiger partial charge on any atom is -0.493 e. The van der Waals surface area contributed by atoms with Gasteiger partial charge in [0.2, 0.25) is 11.8 Å². The van der Waals surface area contributed by atoms with Crippen LogP contribution >= 0.6 is 0 Å². The van der Waals surface area contributed by atoms with Gasteiger partial charge in [-0.3, -0.25) is 14.9 Å². The van der Waals surface area contributed by atoms with Crippen LogP contribution in [0.5, 0.6) is 11.5 Å². The number of nitrogens with one attached hydrogen (secondary N) is 1. The first-order valence-electron chi connectivity index (χ1n) is 7.16. The van der Waals surface area contributed by atoms with Crippen LogP contribution in [0.25, 0.3) is 0 Å². The summed E-state index contributed by atoms with van der Waals surface area (Å²) in [6, 6.07) is 5.58. The van der Waals surface area contributed by atoms with Crippen molar-refractivity contribution in [3.63, 3.8) is 0 Å². The van der Waals surface area contributed by atoms with Gasteiger partial charge in [0.25, 0.3) is 0 Å². The number of methoxy groups -OCH3 is 2. The van der Waals surface area contributed by atoms with E-state index in [2.05, 4.69) is 5.32 Å². The molecule has 0 radical (unpaired) electrons. The summed E-state index contributed by atoms with van der Waals surface area (Å²) in [6.45, 7) is 2.04. The zero-order valence-corrected chi connectivity index (χ0v) is 12.6. The van der Waals surface area contributed by atoms with E-state index in [1.54, 1.807) is 14.2 Å². The number of ether oxygens (including phenoxy) is 2. The van der Waals surface area contributed by atoms with Crippen LogP contribution in [0.3, 0.4) is 0 Å². The van der Waals surface area contributed by atoms with Gasteiger partial charge in [-0.25, -0.2) is 0 Å². The topological polar surface area (TPSA) is 64.6 Å². The fourth-order valence-electron chi connectivity index (χ4n) is 2.88. The van der Waals surface area contributed by atoms with Crippen LogP contribution in [-0.4, -0.2) is 26.0 Å². The highest BCUT2D eigenvalue weighted by molar-refractivity contribution is 5.99. The van der Waals surface area contributed by atoms with E-state index < -0.39 is 0 Å². The van der Waals surface area contributed by atoms with Gasteiger partial charge in [0, 0.05) is 18.3 Å². The molecule has 1 aliphatic rings. The Morgan fingerprint density at radius 3 is 2.52 bits per heavy atom. The minimum atomic E-state index is -0.216. The van der Waals surface area contributed by atoms with Gasteiger partial charge in [0.15, 0.2) is 11.5 Å². The Balaban J connectivity index is 2.36. The van der Waals surface area contributed by atoms with E-state index >= 15 is 0 Å². The van der Waals surface area contributed by atoms with Crippen LogP contribution in [0.2, 0.25) is 0 Å². The average Bonchev–Trinajstić information content (AvgIpc) is 2.49. The van der Waals surface area contributed by atoms with E-state index in [1.165, 1.54) is 0 Å². The standard InChI is InChI=1S/C16H21NO4/c1-4-5-11-12(9-15(18)17-16(11)19)10-6-7-13(20-2)14(8-10)21-3/h6-8,11-12H,4-5,9H2,1-3H3,(H,17,18,19). The lowest BCUT2D eigenvalue weighted by molar-refractivity contribution is -0.137. The summed E-state index contributed by atoms with van der Waals surface area (Å²) >= 11 is 0. The predicted molar refractivity (Wildman–Crippen MR) is 78.5 cm³/mol. The number of imide groups is 1. The highest BCUT2D eigenvalue weighted by Crippen LogP contribution is 2.38. The van der Waals surface area contributed by atoms with E-state index in [-0.39, 0.29) is 23.7 Å². The smallest absolute Gasteiger partial charge is 0.230 e. The summed E-state index contributed by atoms with van der Waals surface area (Å²) in [6.07, 6.45) is 1.99. The molecule has 114 valence electrons. The Hall–Kier alpha value is -2.04. The van der Waals surface area contributed by atoms with E-state index in [0.717, 1.165) is 18.4 Å². The number of hydrogen-bond donors (Lipinski definition) is 1. The van der Waals surface area contributed by atoms with Gasteiger partial charge >= 0.3 is 0 Å². The Labute approximate surface area is 124 Å². The molecule has 1 aromatic carbocycles. The van der Waals surface area contributed by atoms with Gasteiger partial charge < -0.3 is 9.47 Å². The molecule has 0 spiro atoms. The second-order valence-electron chi connectivity index (χ2n) is 5.23. The largest absolute Gasteiger partial charge is 0.493 e. The molecule has 2 rings (SSSR count). The number of hydrogen-bond acceptors (Lipinski definition) is 4. The van der Waals surface area contributed by atoms with Crippen LogP contribution in [-0.2, 0) is 9.59 Å². The molecule has 1 fully saturated rings. The zero-order chi connectivity index (χ0) is 15.4. The summed E-state index contributed by atoms with van der Waals surface area (Å²) in [5, 5.41) is 2.43. The molecule has 21 heavy (non-hydrogen) atoms. The fourth-order valence-corrected chi connectivity index (χ4v) is 2.88. The van der Waals surface area contributed by atoms with Crippen molar-refractivity contribution < 1.29 is 19.1 Å². The van der Waals surface area contributed by atoms with Crippen molar-refractivity contribution in [1.82, 2.24) is 5.32 Å². The predicted octanol–water partition coefficient (Wildman–Crippen LogP) is 2.25. The third-order valence-electron chi connectivity index (χ3n) is 3.93. The maximum absolute atomic E-state index is 12.1. The van der Waals surface area contributed by atoms with E-state index in [0.29, 0.717) is 17.9 Å². The van der Waals surface area contributed by atoms with Crippen LogP contribution in [0.1, 0.15) is 37.7 Å². The molecule has 0 saturated carbocycles. The van der Waals surface area contributed by atoms with Gasteiger partial charge in [-0.1, -0.05) is 19.4 Å². The molecular formula is C16H21NO4. The molecule has 0 bridgehead atoms. The first kappa shape index (κ1) is 15.4. The van der Waals surface area contributed by atoms with Crippen molar-refractivity contribution in [3.8, 4) is 11.5 Å². The molecule has 2 atom stereocenters. The lowest BCUT2D eigenvalue weighted by Crippen LogP contribution is -2.44. The number of piperidine rings is 1. The van der Waals surface area contributed by atoms with Gasteiger partial charge in [0.05, 0.1) is 14.2 Å². The minimum absolute atomic E-state index is 0.106. The number of carbonyl (C=O) groups excluding carboxylic acids is 2. The first-order valence-corrected chi connectivity index (χ1v) is 7.16. The first-order chi connectivity index (χ1) is 10.1. The Kier molecular flexibility index (Phi) is 4.83. The summed E-state index contributed by atoms with van der Waals surface area (Å²) in [7, 11) is 3.15. The summed E-state index contributed by atoms with van der Waals surface area (Å²) in [4.78, 5) is 23.8. The zero-order valence-electron chi connectivity index (χ0n) is 12.6. The molecule has 1 aromatic rings. The quantitative estimate of drug-likeness (QED) is 0.845. The number of carbonyl (C=O) groups is 2. The number of benzene rings is 1. The summed E-state index contributed by atoms with van der Waals surface area (Å²) in [5.74, 6) is 0.584. The molecule has 0 aromatic heterocycles. The van der Waals surface area contributed by atoms with Gasteiger partial charge in [-0.15, -0.1) is 0 Å². The molecule has 2 amide bonds. The van der Waals surface area contributed by atoms with Crippen molar-refractivity contribution in [2.75, 3.05) is 14.2 Å². The van der Waals surface area contributed by atoms with Crippen molar-refractivity contribution in [1.29, 1.82) is 0 Å². The number of rotatable bonds is 5. The molecule has 1 heterocycles.